The number of rotatable bonds is 28. The highest BCUT2D eigenvalue weighted by Crippen LogP contribution is 2.19. The second kappa shape index (κ2) is 27.5. The van der Waals surface area contributed by atoms with Crippen LogP contribution in [-0.4, -0.2) is 25.2 Å². The Bertz CT molecular complexity index is 533. The zero-order valence-corrected chi connectivity index (χ0v) is 26.3. The molecule has 226 valence electrons. The van der Waals surface area contributed by atoms with Crippen LogP contribution >= 0.6 is 0 Å². The summed E-state index contributed by atoms with van der Waals surface area (Å²) in [6.45, 7) is 12.3. The largest absolute Gasteiger partial charge is 0.465 e. The lowest BCUT2D eigenvalue weighted by atomic mass is 9.97. The van der Waals surface area contributed by atoms with E-state index in [1.165, 1.54) is 96.3 Å². The second-order valence-electron chi connectivity index (χ2n) is 11.9. The lowest BCUT2D eigenvalue weighted by Gasteiger charge is -2.15. The standard InChI is InChI=1S/C34H66O4/c1-6-10-23-31(8-3)28-37-33(35)25-21-19-17-15-13-12-14-16-18-20-22-30(5)26-27-34(36)38-29-32(9-4)24-11-7-2/h30-32H,6-29H2,1-5H3. The molecular weight excluding hydrogens is 472 g/mol. The highest BCUT2D eigenvalue weighted by Gasteiger charge is 2.12. The van der Waals surface area contributed by atoms with Crippen molar-refractivity contribution in [1.82, 2.24) is 0 Å². The Morgan fingerprint density at radius 1 is 0.500 bits per heavy atom. The highest BCUT2D eigenvalue weighted by atomic mass is 16.5. The SMILES string of the molecule is CCCCC(CC)COC(=O)CCCCCCCCCCCCC(C)CCC(=O)OCC(CC)CCCC. The minimum atomic E-state index is -0.00495. The fourth-order valence-corrected chi connectivity index (χ4v) is 5.05. The van der Waals surface area contributed by atoms with E-state index >= 15 is 0 Å². The van der Waals surface area contributed by atoms with Gasteiger partial charge in [-0.25, -0.2) is 0 Å². The Labute approximate surface area is 237 Å². The van der Waals surface area contributed by atoms with E-state index in [0.717, 1.165) is 32.1 Å². The van der Waals surface area contributed by atoms with Crippen molar-refractivity contribution in [3.05, 3.63) is 0 Å². The molecule has 3 atom stereocenters. The van der Waals surface area contributed by atoms with Gasteiger partial charge in [-0.05, 0) is 43.4 Å². The van der Waals surface area contributed by atoms with E-state index in [-0.39, 0.29) is 11.9 Å². The molecule has 0 saturated heterocycles. The van der Waals surface area contributed by atoms with Gasteiger partial charge in [0.25, 0.3) is 0 Å². The molecule has 0 aliphatic heterocycles. The summed E-state index contributed by atoms with van der Waals surface area (Å²) < 4.78 is 11.0. The molecule has 0 aromatic rings. The van der Waals surface area contributed by atoms with Crippen molar-refractivity contribution in [3.8, 4) is 0 Å². The van der Waals surface area contributed by atoms with Crippen LogP contribution in [0.2, 0.25) is 0 Å². The van der Waals surface area contributed by atoms with Gasteiger partial charge in [-0.1, -0.05) is 137 Å². The lowest BCUT2D eigenvalue weighted by Crippen LogP contribution is -2.14. The first-order valence-electron chi connectivity index (χ1n) is 16.8. The van der Waals surface area contributed by atoms with E-state index in [1.54, 1.807) is 0 Å². The average molecular weight is 539 g/mol. The van der Waals surface area contributed by atoms with E-state index in [2.05, 4.69) is 34.6 Å². The number of hydrogen-bond donors (Lipinski definition) is 0. The number of ether oxygens (including phenoxy) is 2. The zero-order valence-electron chi connectivity index (χ0n) is 26.3. The van der Waals surface area contributed by atoms with E-state index in [9.17, 15) is 9.59 Å². The molecule has 4 heteroatoms. The fourth-order valence-electron chi connectivity index (χ4n) is 5.05. The molecule has 0 aromatic heterocycles. The molecular formula is C34H66O4. The molecule has 38 heavy (non-hydrogen) atoms. The molecule has 0 aliphatic rings. The molecule has 0 fully saturated rings. The van der Waals surface area contributed by atoms with E-state index in [1.807, 2.05) is 0 Å². The molecule has 0 amide bonds. The molecule has 0 spiro atoms. The van der Waals surface area contributed by atoms with Gasteiger partial charge < -0.3 is 9.47 Å². The van der Waals surface area contributed by atoms with Crippen molar-refractivity contribution in [2.75, 3.05) is 13.2 Å². The van der Waals surface area contributed by atoms with Gasteiger partial charge in [-0.15, -0.1) is 0 Å². The van der Waals surface area contributed by atoms with Gasteiger partial charge in [0.05, 0.1) is 13.2 Å². The fraction of sp³-hybridized carbons (Fsp3) is 0.941. The summed E-state index contributed by atoms with van der Waals surface area (Å²) in [6.07, 6.45) is 25.3. The molecule has 4 nitrogen and oxygen atoms in total. The van der Waals surface area contributed by atoms with Gasteiger partial charge >= 0.3 is 11.9 Å². The minimum absolute atomic E-state index is 0.00267. The molecule has 0 bridgehead atoms. The summed E-state index contributed by atoms with van der Waals surface area (Å²) in [4.78, 5) is 24.0. The minimum Gasteiger partial charge on any atom is -0.465 e. The smallest absolute Gasteiger partial charge is 0.305 e. The van der Waals surface area contributed by atoms with Crippen LogP contribution in [0.3, 0.4) is 0 Å². The predicted molar refractivity (Wildman–Crippen MR) is 162 cm³/mol. The van der Waals surface area contributed by atoms with Crippen molar-refractivity contribution in [3.63, 3.8) is 0 Å². The maximum atomic E-state index is 12.1. The van der Waals surface area contributed by atoms with Crippen molar-refractivity contribution < 1.29 is 19.1 Å². The molecule has 0 N–H and O–H groups in total. The van der Waals surface area contributed by atoms with E-state index < -0.39 is 0 Å². The molecule has 0 aromatic carbocycles. The first-order valence-corrected chi connectivity index (χ1v) is 16.8. The molecule has 0 heterocycles. The highest BCUT2D eigenvalue weighted by molar-refractivity contribution is 5.69. The summed E-state index contributed by atoms with van der Waals surface area (Å²) in [7, 11) is 0. The number of carbonyl (C=O) groups excluding carboxylic acids is 2. The Hall–Kier alpha value is -1.06. The van der Waals surface area contributed by atoms with E-state index in [4.69, 9.17) is 9.47 Å². The monoisotopic (exact) mass is 538 g/mol. The number of unbranched alkanes of at least 4 members (excludes halogenated alkanes) is 11. The van der Waals surface area contributed by atoms with Crippen molar-refractivity contribution in [2.45, 2.75) is 176 Å². The van der Waals surface area contributed by atoms with Crippen LogP contribution in [0.1, 0.15) is 176 Å². The lowest BCUT2D eigenvalue weighted by molar-refractivity contribution is -0.146. The van der Waals surface area contributed by atoms with Crippen LogP contribution in [-0.2, 0) is 19.1 Å². The first-order chi connectivity index (χ1) is 18.5. The quantitative estimate of drug-likeness (QED) is 0.0734. The maximum Gasteiger partial charge on any atom is 0.305 e. The van der Waals surface area contributed by atoms with Gasteiger partial charge in [-0.2, -0.15) is 0 Å². The summed E-state index contributed by atoms with van der Waals surface area (Å²) >= 11 is 0. The predicted octanol–water partition coefficient (Wildman–Crippen LogP) is 10.6. The summed E-state index contributed by atoms with van der Waals surface area (Å²) in [5.74, 6) is 1.67. The first kappa shape index (κ1) is 36.9. The number of carbonyl (C=O) groups is 2. The normalized spacial score (nSPS) is 13.7. The van der Waals surface area contributed by atoms with Crippen molar-refractivity contribution >= 4 is 11.9 Å². The third kappa shape index (κ3) is 24.0. The Morgan fingerprint density at radius 2 is 0.921 bits per heavy atom. The van der Waals surface area contributed by atoms with Gasteiger partial charge in [0.1, 0.15) is 0 Å². The molecule has 0 saturated carbocycles. The average Bonchev–Trinajstić information content (AvgIpc) is 2.92. The maximum absolute atomic E-state index is 12.1. The number of hydrogen-bond acceptors (Lipinski definition) is 4. The Balaban J connectivity index is 3.50. The second-order valence-corrected chi connectivity index (χ2v) is 11.9. The van der Waals surface area contributed by atoms with Gasteiger partial charge in [0.15, 0.2) is 0 Å². The van der Waals surface area contributed by atoms with Crippen LogP contribution in [0.5, 0.6) is 0 Å². The topological polar surface area (TPSA) is 52.6 Å². The van der Waals surface area contributed by atoms with Gasteiger partial charge in [-0.3, -0.25) is 9.59 Å². The summed E-state index contributed by atoms with van der Waals surface area (Å²) in [5.41, 5.74) is 0. The Kier molecular flexibility index (Phi) is 26.7. The molecule has 3 unspecified atom stereocenters. The Morgan fingerprint density at radius 3 is 1.37 bits per heavy atom. The third-order valence-corrected chi connectivity index (χ3v) is 8.22. The summed E-state index contributed by atoms with van der Waals surface area (Å²) in [5, 5.41) is 0. The van der Waals surface area contributed by atoms with E-state index in [0.29, 0.717) is 43.8 Å². The van der Waals surface area contributed by atoms with Crippen LogP contribution in [0.4, 0.5) is 0 Å². The number of esters is 2. The molecule has 0 aliphatic carbocycles. The molecule has 0 radical (unpaired) electrons. The van der Waals surface area contributed by atoms with Crippen LogP contribution in [0, 0.1) is 17.8 Å². The zero-order chi connectivity index (χ0) is 28.3. The third-order valence-electron chi connectivity index (χ3n) is 8.22. The van der Waals surface area contributed by atoms with Crippen LogP contribution in [0.15, 0.2) is 0 Å². The van der Waals surface area contributed by atoms with Crippen molar-refractivity contribution in [1.29, 1.82) is 0 Å². The van der Waals surface area contributed by atoms with Crippen LogP contribution in [0.25, 0.3) is 0 Å². The van der Waals surface area contributed by atoms with Gasteiger partial charge in [0, 0.05) is 12.8 Å². The van der Waals surface area contributed by atoms with Gasteiger partial charge in [0.2, 0.25) is 0 Å². The summed E-state index contributed by atoms with van der Waals surface area (Å²) in [6, 6.07) is 0. The van der Waals surface area contributed by atoms with Crippen LogP contribution < -0.4 is 0 Å². The van der Waals surface area contributed by atoms with Crippen molar-refractivity contribution in [2.24, 2.45) is 17.8 Å². The molecule has 0 rings (SSSR count).